The fourth-order valence-electron chi connectivity index (χ4n) is 2.63. The van der Waals surface area contributed by atoms with Crippen LogP contribution in [0.25, 0.3) is 0 Å². The van der Waals surface area contributed by atoms with E-state index in [0.29, 0.717) is 5.92 Å². The Balaban J connectivity index is 2.05. The second-order valence-corrected chi connectivity index (χ2v) is 4.35. The molecule has 80 valence electrons. The maximum absolute atomic E-state index is 13.2. The quantitative estimate of drug-likeness (QED) is 0.672. The highest BCUT2D eigenvalue weighted by atomic mass is 19.1. The normalized spacial score (nSPS) is 18.4. The molecule has 0 N–H and O–H groups in total. The Bertz CT molecular complexity index is 516. The largest absolute Gasteiger partial charge is 0.207 e. The molecule has 1 aliphatic carbocycles. The molecule has 3 rings (SSSR count). The van der Waals surface area contributed by atoms with Crippen LogP contribution in [0.3, 0.4) is 0 Å². The van der Waals surface area contributed by atoms with E-state index < -0.39 is 0 Å². The highest BCUT2D eigenvalue weighted by Gasteiger charge is 2.23. The van der Waals surface area contributed by atoms with E-state index >= 15 is 0 Å². The van der Waals surface area contributed by atoms with Crippen LogP contribution >= 0.6 is 0 Å². The van der Waals surface area contributed by atoms with Gasteiger partial charge < -0.3 is 0 Å². The van der Waals surface area contributed by atoms with Crippen LogP contribution in [-0.4, -0.2) is 0 Å². The van der Waals surface area contributed by atoms with Gasteiger partial charge in [-0.3, -0.25) is 0 Å². The molecule has 0 aromatic heterocycles. The van der Waals surface area contributed by atoms with Crippen molar-refractivity contribution >= 4 is 0 Å². The van der Waals surface area contributed by atoms with E-state index in [0.717, 1.165) is 18.4 Å². The minimum Gasteiger partial charge on any atom is -0.207 e. The molecule has 2 aromatic rings. The van der Waals surface area contributed by atoms with Gasteiger partial charge in [0.1, 0.15) is 5.82 Å². The highest BCUT2D eigenvalue weighted by molar-refractivity contribution is 5.41. The van der Waals surface area contributed by atoms with E-state index in [1.54, 1.807) is 12.1 Å². The molecule has 0 nitrogen and oxygen atoms in total. The Morgan fingerprint density at radius 3 is 2.75 bits per heavy atom. The van der Waals surface area contributed by atoms with E-state index in [2.05, 4.69) is 24.3 Å². The minimum absolute atomic E-state index is 0.137. The van der Waals surface area contributed by atoms with Crippen molar-refractivity contribution in [3.05, 3.63) is 71.0 Å². The van der Waals surface area contributed by atoms with Gasteiger partial charge in [-0.25, -0.2) is 4.39 Å². The van der Waals surface area contributed by atoms with E-state index in [1.165, 1.54) is 17.2 Å². The summed E-state index contributed by atoms with van der Waals surface area (Å²) in [6, 6.07) is 15.5. The fraction of sp³-hybridized carbons (Fsp3) is 0.200. The zero-order valence-corrected chi connectivity index (χ0v) is 8.99. The van der Waals surface area contributed by atoms with Crippen molar-refractivity contribution in [3.8, 4) is 0 Å². The monoisotopic (exact) mass is 212 g/mol. The van der Waals surface area contributed by atoms with E-state index in [1.807, 2.05) is 6.07 Å². The third kappa shape index (κ3) is 1.53. The first-order valence-electron chi connectivity index (χ1n) is 5.68. The summed E-state index contributed by atoms with van der Waals surface area (Å²) in [7, 11) is 0. The average Bonchev–Trinajstić information content (AvgIpc) is 2.72. The molecule has 0 saturated carbocycles. The molecule has 1 aliphatic rings. The molecule has 0 fully saturated rings. The van der Waals surface area contributed by atoms with Gasteiger partial charge >= 0.3 is 0 Å². The smallest absolute Gasteiger partial charge is 0.123 e. The Morgan fingerprint density at radius 1 is 1.00 bits per heavy atom. The summed E-state index contributed by atoms with van der Waals surface area (Å²) in [5, 5.41) is 0. The van der Waals surface area contributed by atoms with Gasteiger partial charge in [-0.1, -0.05) is 36.4 Å². The van der Waals surface area contributed by atoms with Gasteiger partial charge in [-0.2, -0.15) is 0 Å². The van der Waals surface area contributed by atoms with Crippen LogP contribution in [0.1, 0.15) is 29.0 Å². The lowest BCUT2D eigenvalue weighted by Gasteiger charge is -2.11. The minimum atomic E-state index is -0.137. The van der Waals surface area contributed by atoms with Crippen molar-refractivity contribution in [2.24, 2.45) is 0 Å². The topological polar surface area (TPSA) is 0 Å². The van der Waals surface area contributed by atoms with Crippen LogP contribution in [0.15, 0.2) is 48.5 Å². The van der Waals surface area contributed by atoms with Crippen molar-refractivity contribution < 1.29 is 4.39 Å². The predicted molar refractivity (Wildman–Crippen MR) is 63.0 cm³/mol. The second-order valence-electron chi connectivity index (χ2n) is 4.35. The number of hydrogen-bond donors (Lipinski definition) is 0. The summed E-state index contributed by atoms with van der Waals surface area (Å²) < 4.78 is 13.2. The molecule has 1 heteroatoms. The first-order chi connectivity index (χ1) is 7.84. The van der Waals surface area contributed by atoms with Crippen molar-refractivity contribution in [2.45, 2.75) is 18.8 Å². The lowest BCUT2D eigenvalue weighted by atomic mass is 9.93. The predicted octanol–water partition coefficient (Wildman–Crippen LogP) is 3.90. The third-order valence-electron chi connectivity index (χ3n) is 3.38. The van der Waals surface area contributed by atoms with Gasteiger partial charge in [-0.05, 0) is 41.7 Å². The second kappa shape index (κ2) is 3.75. The SMILES string of the molecule is Fc1cccc(C2CCc3ccccc32)c1. The molecule has 0 amide bonds. The number of halogens is 1. The zero-order valence-electron chi connectivity index (χ0n) is 8.99. The Morgan fingerprint density at radius 2 is 1.88 bits per heavy atom. The van der Waals surface area contributed by atoms with Crippen LogP contribution < -0.4 is 0 Å². The maximum Gasteiger partial charge on any atom is 0.123 e. The van der Waals surface area contributed by atoms with Gasteiger partial charge in [0, 0.05) is 5.92 Å². The molecule has 0 radical (unpaired) electrons. The number of fused-ring (bicyclic) bond motifs is 1. The average molecular weight is 212 g/mol. The maximum atomic E-state index is 13.2. The van der Waals surface area contributed by atoms with Crippen molar-refractivity contribution in [1.29, 1.82) is 0 Å². The van der Waals surface area contributed by atoms with E-state index in [4.69, 9.17) is 0 Å². The standard InChI is InChI=1S/C15H13F/c16-13-6-3-5-12(10-13)15-9-8-11-4-1-2-7-14(11)15/h1-7,10,15H,8-9H2. The van der Waals surface area contributed by atoms with Gasteiger partial charge in [0.25, 0.3) is 0 Å². The summed E-state index contributed by atoms with van der Waals surface area (Å²) in [5.74, 6) is 0.244. The Hall–Kier alpha value is -1.63. The molecule has 1 unspecified atom stereocenters. The van der Waals surface area contributed by atoms with E-state index in [9.17, 15) is 4.39 Å². The van der Waals surface area contributed by atoms with Crippen LogP contribution in [0, 0.1) is 5.82 Å². The van der Waals surface area contributed by atoms with Gasteiger partial charge in [0.05, 0.1) is 0 Å². The van der Waals surface area contributed by atoms with Crippen LogP contribution in [0.4, 0.5) is 4.39 Å². The third-order valence-corrected chi connectivity index (χ3v) is 3.38. The van der Waals surface area contributed by atoms with Crippen molar-refractivity contribution in [1.82, 2.24) is 0 Å². The molecule has 16 heavy (non-hydrogen) atoms. The summed E-state index contributed by atoms with van der Waals surface area (Å²) >= 11 is 0. The first-order valence-corrected chi connectivity index (χ1v) is 5.68. The summed E-state index contributed by atoms with van der Waals surface area (Å²) in [4.78, 5) is 0. The van der Waals surface area contributed by atoms with Gasteiger partial charge in [-0.15, -0.1) is 0 Å². The number of rotatable bonds is 1. The molecule has 0 saturated heterocycles. The Kier molecular flexibility index (Phi) is 2.24. The molecular formula is C15H13F. The molecule has 0 spiro atoms. The summed E-state index contributed by atoms with van der Waals surface area (Å²) in [5.41, 5.74) is 3.88. The van der Waals surface area contributed by atoms with Crippen molar-refractivity contribution in [2.75, 3.05) is 0 Å². The molecule has 0 bridgehead atoms. The molecule has 2 aromatic carbocycles. The van der Waals surface area contributed by atoms with Crippen LogP contribution in [-0.2, 0) is 6.42 Å². The lowest BCUT2D eigenvalue weighted by molar-refractivity contribution is 0.622. The fourth-order valence-corrected chi connectivity index (χ4v) is 2.63. The number of benzene rings is 2. The van der Waals surface area contributed by atoms with Crippen LogP contribution in [0.2, 0.25) is 0 Å². The zero-order chi connectivity index (χ0) is 11.0. The lowest BCUT2D eigenvalue weighted by Crippen LogP contribution is -1.96. The number of hydrogen-bond acceptors (Lipinski definition) is 0. The molecule has 0 aliphatic heterocycles. The first kappa shape index (κ1) is 9.59. The molecular weight excluding hydrogens is 199 g/mol. The summed E-state index contributed by atoms with van der Waals surface area (Å²) in [6.45, 7) is 0. The van der Waals surface area contributed by atoms with Gasteiger partial charge in [0.2, 0.25) is 0 Å². The van der Waals surface area contributed by atoms with Crippen molar-refractivity contribution in [3.63, 3.8) is 0 Å². The Labute approximate surface area is 94.7 Å². The van der Waals surface area contributed by atoms with E-state index in [-0.39, 0.29) is 5.82 Å². The van der Waals surface area contributed by atoms with Crippen LogP contribution in [0.5, 0.6) is 0 Å². The number of aryl methyl sites for hydroxylation is 1. The molecule has 1 atom stereocenters. The van der Waals surface area contributed by atoms with Gasteiger partial charge in [0.15, 0.2) is 0 Å². The summed E-state index contributed by atoms with van der Waals surface area (Å²) in [6.07, 6.45) is 2.21. The molecule has 0 heterocycles. The highest BCUT2D eigenvalue weighted by Crippen LogP contribution is 2.37.